The van der Waals surface area contributed by atoms with Crippen LogP contribution in [0.15, 0.2) is 41.3 Å². The van der Waals surface area contributed by atoms with Gasteiger partial charge in [-0.25, -0.2) is 4.98 Å². The van der Waals surface area contributed by atoms with E-state index in [0.717, 1.165) is 11.1 Å². The van der Waals surface area contributed by atoms with E-state index >= 15 is 0 Å². The van der Waals surface area contributed by atoms with E-state index in [1.54, 1.807) is 6.07 Å². The van der Waals surface area contributed by atoms with Gasteiger partial charge < -0.3 is 9.52 Å². The van der Waals surface area contributed by atoms with E-state index in [4.69, 9.17) is 9.68 Å². The summed E-state index contributed by atoms with van der Waals surface area (Å²) in [5.41, 5.74) is 3.01. The third-order valence-corrected chi connectivity index (χ3v) is 2.63. The fourth-order valence-electron chi connectivity index (χ4n) is 1.71. The lowest BCUT2D eigenvalue weighted by atomic mass is 10.1. The molecule has 2 aromatic heterocycles. The molecule has 5 heteroatoms. The molecule has 1 aromatic carbocycles. The zero-order valence-electron chi connectivity index (χ0n) is 9.16. The van der Waals surface area contributed by atoms with Crippen molar-refractivity contribution in [1.29, 1.82) is 5.26 Å². The molecule has 0 radical (unpaired) electrons. The Morgan fingerprint density at radius 3 is 2.94 bits per heavy atom. The van der Waals surface area contributed by atoms with Gasteiger partial charge in [-0.15, -0.1) is 0 Å². The molecule has 0 saturated carbocycles. The van der Waals surface area contributed by atoms with Crippen molar-refractivity contribution in [3.63, 3.8) is 0 Å². The van der Waals surface area contributed by atoms with Crippen molar-refractivity contribution in [2.24, 2.45) is 0 Å². The summed E-state index contributed by atoms with van der Waals surface area (Å²) in [6, 6.07) is 8.89. The van der Waals surface area contributed by atoms with Crippen molar-refractivity contribution in [1.82, 2.24) is 9.97 Å². The molecule has 1 N–H and O–H groups in total. The Morgan fingerprint density at radius 2 is 2.11 bits per heavy atom. The van der Waals surface area contributed by atoms with Gasteiger partial charge in [0.15, 0.2) is 17.7 Å². The van der Waals surface area contributed by atoms with E-state index in [0.29, 0.717) is 11.3 Å². The minimum Gasteiger partial charge on any atom is -0.505 e. The number of aromatic nitrogens is 2. The second-order valence-electron chi connectivity index (χ2n) is 3.73. The highest BCUT2D eigenvalue weighted by molar-refractivity contribution is 5.79. The number of benzene rings is 1. The van der Waals surface area contributed by atoms with Crippen molar-refractivity contribution in [3.05, 3.63) is 42.4 Å². The average molecular weight is 237 g/mol. The summed E-state index contributed by atoms with van der Waals surface area (Å²) < 4.78 is 5.21. The van der Waals surface area contributed by atoms with Gasteiger partial charge >= 0.3 is 0 Å². The third kappa shape index (κ3) is 1.57. The van der Waals surface area contributed by atoms with Gasteiger partial charge in [0.05, 0.1) is 17.5 Å². The maximum Gasteiger partial charge on any atom is 0.181 e. The number of nitriles is 1. The summed E-state index contributed by atoms with van der Waals surface area (Å²) in [5, 5.41) is 18.3. The minimum atomic E-state index is -0.123. The molecule has 0 unspecified atom stereocenters. The quantitative estimate of drug-likeness (QED) is 0.702. The monoisotopic (exact) mass is 237 g/mol. The van der Waals surface area contributed by atoms with Crippen molar-refractivity contribution in [3.8, 4) is 23.1 Å². The van der Waals surface area contributed by atoms with Crippen LogP contribution in [0.5, 0.6) is 5.75 Å². The molecule has 0 aliphatic carbocycles. The van der Waals surface area contributed by atoms with Gasteiger partial charge in [-0.3, -0.25) is 4.98 Å². The molecule has 86 valence electrons. The highest BCUT2D eigenvalue weighted by Gasteiger charge is 2.07. The van der Waals surface area contributed by atoms with E-state index in [1.807, 2.05) is 18.2 Å². The van der Waals surface area contributed by atoms with Gasteiger partial charge in [0.1, 0.15) is 11.6 Å². The van der Waals surface area contributed by atoms with Crippen molar-refractivity contribution in [2.45, 2.75) is 0 Å². The van der Waals surface area contributed by atoms with Crippen LogP contribution in [-0.4, -0.2) is 15.1 Å². The Bertz CT molecular complexity index is 771. The van der Waals surface area contributed by atoms with Gasteiger partial charge in [0, 0.05) is 5.56 Å². The lowest BCUT2D eigenvalue weighted by Crippen LogP contribution is -1.86. The molecule has 0 aliphatic rings. The van der Waals surface area contributed by atoms with Crippen LogP contribution < -0.4 is 0 Å². The largest absolute Gasteiger partial charge is 0.505 e. The predicted molar refractivity (Wildman–Crippen MR) is 63.6 cm³/mol. The van der Waals surface area contributed by atoms with Crippen LogP contribution in [0.25, 0.3) is 22.4 Å². The lowest BCUT2D eigenvalue weighted by molar-refractivity contribution is 0.471. The molecule has 0 amide bonds. The Kier molecular flexibility index (Phi) is 2.21. The average Bonchev–Trinajstić information content (AvgIpc) is 2.86. The Balaban J connectivity index is 2.16. The van der Waals surface area contributed by atoms with Crippen molar-refractivity contribution < 1.29 is 9.52 Å². The molecule has 3 aromatic rings. The first-order chi connectivity index (χ1) is 8.78. The Labute approximate surface area is 102 Å². The molecule has 0 atom stereocenters. The van der Waals surface area contributed by atoms with Gasteiger partial charge in [0.2, 0.25) is 0 Å². The number of fused-ring (bicyclic) bond motifs is 1. The molecule has 3 rings (SSSR count). The molecular formula is C13H7N3O2. The van der Waals surface area contributed by atoms with Crippen LogP contribution >= 0.6 is 0 Å². The van der Waals surface area contributed by atoms with Crippen LogP contribution in [0.1, 0.15) is 5.56 Å². The van der Waals surface area contributed by atoms with E-state index in [2.05, 4.69) is 9.97 Å². The first kappa shape index (κ1) is 10.3. The van der Waals surface area contributed by atoms with Crippen LogP contribution in [0.2, 0.25) is 0 Å². The Morgan fingerprint density at radius 1 is 1.22 bits per heavy atom. The highest BCUT2D eigenvalue weighted by atomic mass is 16.3. The number of aromatic hydroxyl groups is 1. The number of rotatable bonds is 1. The van der Waals surface area contributed by atoms with Gasteiger partial charge in [-0.2, -0.15) is 5.26 Å². The van der Waals surface area contributed by atoms with Gasteiger partial charge in [-0.05, 0) is 18.2 Å². The highest BCUT2D eigenvalue weighted by Crippen LogP contribution is 2.25. The number of hydrogen-bond donors (Lipinski definition) is 1. The molecule has 0 fully saturated rings. The second-order valence-corrected chi connectivity index (χ2v) is 3.73. The summed E-state index contributed by atoms with van der Waals surface area (Å²) in [6.07, 6.45) is 2.64. The van der Waals surface area contributed by atoms with Crippen LogP contribution in [-0.2, 0) is 0 Å². The molecular weight excluding hydrogens is 230 g/mol. The van der Waals surface area contributed by atoms with Crippen LogP contribution in [0, 0.1) is 11.3 Å². The maximum atomic E-state index is 9.41. The fourth-order valence-corrected chi connectivity index (χ4v) is 1.71. The molecule has 5 nitrogen and oxygen atoms in total. The molecule has 18 heavy (non-hydrogen) atoms. The Hall–Kier alpha value is -2.87. The minimum absolute atomic E-state index is 0.123. The van der Waals surface area contributed by atoms with Gasteiger partial charge in [-0.1, -0.05) is 6.07 Å². The normalized spacial score (nSPS) is 10.4. The van der Waals surface area contributed by atoms with Crippen molar-refractivity contribution in [2.75, 3.05) is 0 Å². The number of oxazole rings is 1. The van der Waals surface area contributed by atoms with E-state index < -0.39 is 0 Å². The maximum absolute atomic E-state index is 9.41. The molecule has 0 spiro atoms. The summed E-state index contributed by atoms with van der Waals surface area (Å²) in [6.45, 7) is 0. The van der Waals surface area contributed by atoms with Crippen molar-refractivity contribution >= 4 is 11.1 Å². The summed E-state index contributed by atoms with van der Waals surface area (Å²) in [5.74, 6) is -0.123. The first-order valence-corrected chi connectivity index (χ1v) is 5.20. The van der Waals surface area contributed by atoms with E-state index in [1.165, 1.54) is 18.7 Å². The first-order valence-electron chi connectivity index (χ1n) is 5.20. The molecule has 0 saturated heterocycles. The molecule has 0 aliphatic heterocycles. The summed E-state index contributed by atoms with van der Waals surface area (Å²) in [4.78, 5) is 8.11. The topological polar surface area (TPSA) is 82.9 Å². The molecule has 2 heterocycles. The van der Waals surface area contributed by atoms with Crippen LogP contribution in [0.4, 0.5) is 0 Å². The molecule has 0 bridgehead atoms. The standard InChI is InChI=1S/C13H7N3O2/c14-5-9-3-11(15-6-12(9)17)8-1-2-10-13(4-8)18-7-16-10/h1-4,6-7,17H. The second kappa shape index (κ2) is 3.86. The van der Waals surface area contributed by atoms with Crippen LogP contribution in [0.3, 0.4) is 0 Å². The SMILES string of the molecule is N#Cc1cc(-c2ccc3ncoc3c2)ncc1O. The lowest BCUT2D eigenvalue weighted by Gasteiger charge is -2.02. The smallest absolute Gasteiger partial charge is 0.181 e. The zero-order chi connectivity index (χ0) is 12.5. The predicted octanol–water partition coefficient (Wildman–Crippen LogP) is 2.47. The van der Waals surface area contributed by atoms with E-state index in [-0.39, 0.29) is 11.3 Å². The number of pyridine rings is 1. The third-order valence-electron chi connectivity index (χ3n) is 2.63. The van der Waals surface area contributed by atoms with E-state index in [9.17, 15) is 5.11 Å². The summed E-state index contributed by atoms with van der Waals surface area (Å²) in [7, 11) is 0. The zero-order valence-corrected chi connectivity index (χ0v) is 9.16. The summed E-state index contributed by atoms with van der Waals surface area (Å²) >= 11 is 0. The number of nitrogens with zero attached hydrogens (tertiary/aromatic N) is 3. The fraction of sp³-hybridized carbons (Fsp3) is 0. The number of hydrogen-bond acceptors (Lipinski definition) is 5. The van der Waals surface area contributed by atoms with Gasteiger partial charge in [0.25, 0.3) is 0 Å².